The predicted molar refractivity (Wildman–Crippen MR) is 137 cm³/mol. The Morgan fingerprint density at radius 3 is 2.15 bits per heavy atom. The van der Waals surface area contributed by atoms with Gasteiger partial charge in [0.25, 0.3) is 0 Å². The third kappa shape index (κ3) is 7.62. The van der Waals surface area contributed by atoms with Gasteiger partial charge in [-0.2, -0.15) is 26.3 Å². The van der Waals surface area contributed by atoms with Crippen molar-refractivity contribution >= 4 is 41.1 Å². The molecule has 0 saturated carbocycles. The topological polar surface area (TPSA) is 109 Å². The maximum absolute atomic E-state index is 12.7. The second-order valence-electron chi connectivity index (χ2n) is 8.50. The summed E-state index contributed by atoms with van der Waals surface area (Å²) in [5.74, 6) is -2.48. The zero-order valence-electron chi connectivity index (χ0n) is 21.1. The average Bonchev–Trinajstić information content (AvgIpc) is 3.70. The van der Waals surface area contributed by atoms with Crippen molar-refractivity contribution in [3.05, 3.63) is 88.1 Å². The van der Waals surface area contributed by atoms with E-state index >= 15 is 0 Å². The molecule has 4 rings (SSSR count). The van der Waals surface area contributed by atoms with Gasteiger partial charge in [-0.15, -0.1) is 0 Å². The number of esters is 2. The van der Waals surface area contributed by atoms with Gasteiger partial charge in [0, 0.05) is 17.3 Å². The van der Waals surface area contributed by atoms with Crippen molar-refractivity contribution in [2.75, 3.05) is 13.2 Å². The van der Waals surface area contributed by atoms with Crippen LogP contribution in [0.15, 0.2) is 76.0 Å². The Bertz CT molecular complexity index is 1650. The molecule has 0 saturated heterocycles. The number of carbonyl (C=O) groups excluding carboxylic acids is 2. The fourth-order valence-corrected chi connectivity index (χ4v) is 3.72. The quantitative estimate of drug-likeness (QED) is 0.296. The van der Waals surface area contributed by atoms with E-state index in [0.717, 1.165) is 0 Å². The van der Waals surface area contributed by atoms with E-state index in [9.17, 15) is 35.9 Å². The number of hydrogen-bond acceptors (Lipinski definition) is 6. The lowest BCUT2D eigenvalue weighted by Gasteiger charge is -2.10. The van der Waals surface area contributed by atoms with Gasteiger partial charge in [-0.25, -0.2) is 14.6 Å². The van der Waals surface area contributed by atoms with Crippen molar-refractivity contribution in [1.82, 2.24) is 9.97 Å². The lowest BCUT2D eigenvalue weighted by Crippen LogP contribution is -2.27. The minimum atomic E-state index is -4.73. The van der Waals surface area contributed by atoms with E-state index in [1.807, 2.05) is 0 Å². The molecule has 0 fully saturated rings. The van der Waals surface area contributed by atoms with Gasteiger partial charge in [-0.05, 0) is 61.6 Å². The molecule has 4 heterocycles. The van der Waals surface area contributed by atoms with Crippen LogP contribution < -0.4 is 10.7 Å². The number of nitrogens with one attached hydrogen (secondary N) is 2. The number of hydrogen-bond donors (Lipinski definition) is 2. The molecule has 2 aromatic rings. The van der Waals surface area contributed by atoms with Crippen LogP contribution in [0.25, 0.3) is 17.2 Å². The molecule has 0 aromatic carbocycles. The van der Waals surface area contributed by atoms with Crippen molar-refractivity contribution in [2.45, 2.75) is 19.3 Å². The van der Waals surface area contributed by atoms with Crippen LogP contribution in [0.1, 0.15) is 18.3 Å². The Morgan fingerprint density at radius 1 is 0.878 bits per heavy atom. The van der Waals surface area contributed by atoms with Gasteiger partial charge in [0.1, 0.15) is 11.1 Å². The highest BCUT2D eigenvalue weighted by Crippen LogP contribution is 2.25. The van der Waals surface area contributed by atoms with Gasteiger partial charge in [0.05, 0.1) is 28.1 Å². The number of aromatic nitrogens is 2. The Kier molecular flexibility index (Phi) is 8.31. The van der Waals surface area contributed by atoms with E-state index in [1.165, 1.54) is 54.8 Å². The monoisotopic (exact) mass is 578 g/mol. The summed E-state index contributed by atoms with van der Waals surface area (Å²) in [5, 5.41) is 0.510. The predicted octanol–water partition coefficient (Wildman–Crippen LogP) is 3.80. The molecule has 14 heteroatoms. The SMILES string of the molecule is C/C=C1/C=CC(C(C(=O)OCC(F)(F)F)=c2ccc(=Cc3ccc(C(C(=O)OCC(F)(F)F)=C4C=CC=N4)[nH]3)[nH]2)=N1. The molecular formula is C27H20F6N4O4. The van der Waals surface area contributed by atoms with E-state index in [1.54, 1.807) is 19.1 Å². The number of nitrogens with zero attached hydrogens (tertiary/aromatic N) is 2. The second-order valence-corrected chi connectivity index (χ2v) is 8.50. The van der Waals surface area contributed by atoms with Gasteiger partial charge in [0.15, 0.2) is 13.2 Å². The zero-order chi connectivity index (χ0) is 29.8. The first-order valence-electron chi connectivity index (χ1n) is 11.8. The molecule has 41 heavy (non-hydrogen) atoms. The number of allylic oxidation sites excluding steroid dienone is 5. The molecular weight excluding hydrogens is 558 g/mol. The highest BCUT2D eigenvalue weighted by Gasteiger charge is 2.32. The molecule has 0 amide bonds. The van der Waals surface area contributed by atoms with Crippen molar-refractivity contribution in [1.29, 1.82) is 0 Å². The number of carbonyl (C=O) groups is 2. The summed E-state index contributed by atoms with van der Waals surface area (Å²) >= 11 is 0. The molecule has 0 radical (unpaired) electrons. The minimum absolute atomic E-state index is 0.0928. The molecule has 2 N–H and O–H groups in total. The molecule has 2 aliphatic rings. The Hall–Kier alpha value is -4.88. The zero-order valence-corrected chi connectivity index (χ0v) is 21.1. The highest BCUT2D eigenvalue weighted by atomic mass is 19.4. The van der Waals surface area contributed by atoms with Gasteiger partial charge < -0.3 is 19.4 Å². The average molecular weight is 578 g/mol. The maximum atomic E-state index is 12.7. The number of aliphatic imine (C=N–C) groups is 2. The first-order chi connectivity index (χ1) is 19.3. The van der Waals surface area contributed by atoms with Gasteiger partial charge in [0.2, 0.25) is 0 Å². The summed E-state index contributed by atoms with van der Waals surface area (Å²) in [5.41, 5.74) is 0.755. The van der Waals surface area contributed by atoms with Crippen LogP contribution >= 0.6 is 0 Å². The minimum Gasteiger partial charge on any atom is -0.452 e. The Balaban J connectivity index is 1.69. The van der Waals surface area contributed by atoms with Crippen LogP contribution in [-0.2, 0) is 19.1 Å². The summed E-state index contributed by atoms with van der Waals surface area (Å²) in [6.45, 7) is -1.86. The molecule has 2 aliphatic heterocycles. The van der Waals surface area contributed by atoms with Gasteiger partial charge in [-0.3, -0.25) is 4.99 Å². The van der Waals surface area contributed by atoms with Gasteiger partial charge >= 0.3 is 24.3 Å². The van der Waals surface area contributed by atoms with Crippen LogP contribution in [-0.4, -0.2) is 59.4 Å². The summed E-state index contributed by atoms with van der Waals surface area (Å²) in [4.78, 5) is 39.2. The lowest BCUT2D eigenvalue weighted by atomic mass is 10.1. The molecule has 0 atom stereocenters. The third-order valence-corrected chi connectivity index (χ3v) is 5.43. The maximum Gasteiger partial charge on any atom is 0.422 e. The molecule has 0 aliphatic carbocycles. The fourth-order valence-electron chi connectivity index (χ4n) is 3.72. The fraction of sp³-hybridized carbons (Fsp3) is 0.185. The van der Waals surface area contributed by atoms with Crippen molar-refractivity contribution in [3.8, 4) is 0 Å². The van der Waals surface area contributed by atoms with E-state index < -0.39 is 37.5 Å². The summed E-state index contributed by atoms with van der Waals surface area (Å²) in [6, 6.07) is 5.95. The number of ether oxygens (including phenoxy) is 2. The Labute approximate surface area is 227 Å². The van der Waals surface area contributed by atoms with Crippen LogP contribution in [0, 0.1) is 0 Å². The van der Waals surface area contributed by atoms with E-state index in [-0.39, 0.29) is 33.6 Å². The molecule has 8 nitrogen and oxygen atoms in total. The molecule has 0 bridgehead atoms. The number of aromatic amines is 2. The molecule has 0 spiro atoms. The lowest BCUT2D eigenvalue weighted by molar-refractivity contribution is -0.182. The standard InChI is InChI=1S/C27H20F6N4O4/c1-2-15-5-8-20(35-15)23(25(39)41-14-27(31,32)33)21-10-7-17(37-21)12-16-6-9-19(36-16)22(18-4-3-11-34-18)24(38)40-13-26(28,29)30/h2-12,36-37H,13-14H2,1H3/b15-2-,17-12?,22-18?,23-21?. The van der Waals surface area contributed by atoms with E-state index in [2.05, 4.69) is 29.4 Å². The first-order valence-corrected chi connectivity index (χ1v) is 11.8. The molecule has 214 valence electrons. The van der Waals surface area contributed by atoms with Crippen LogP contribution in [0.5, 0.6) is 0 Å². The number of alkyl halides is 6. The smallest absolute Gasteiger partial charge is 0.422 e. The number of H-pyrrole nitrogens is 2. The van der Waals surface area contributed by atoms with Crippen molar-refractivity contribution in [2.24, 2.45) is 9.98 Å². The van der Waals surface area contributed by atoms with Crippen molar-refractivity contribution < 1.29 is 45.4 Å². The number of halogens is 6. The van der Waals surface area contributed by atoms with Gasteiger partial charge in [-0.1, -0.05) is 6.08 Å². The normalized spacial score (nSPS) is 18.3. The molecule has 2 aromatic heterocycles. The number of rotatable bonds is 7. The Morgan fingerprint density at radius 2 is 1.56 bits per heavy atom. The van der Waals surface area contributed by atoms with Crippen molar-refractivity contribution in [3.63, 3.8) is 0 Å². The van der Waals surface area contributed by atoms with E-state index in [4.69, 9.17) is 0 Å². The summed E-state index contributed by atoms with van der Waals surface area (Å²) in [6.07, 6.45) is 1.07. The van der Waals surface area contributed by atoms with Crippen LogP contribution in [0.2, 0.25) is 0 Å². The summed E-state index contributed by atoms with van der Waals surface area (Å²) < 4.78 is 84.7. The third-order valence-electron chi connectivity index (χ3n) is 5.43. The van der Waals surface area contributed by atoms with Crippen LogP contribution in [0.3, 0.4) is 0 Å². The molecule has 0 unspecified atom stereocenters. The summed E-state index contributed by atoms with van der Waals surface area (Å²) in [7, 11) is 0. The highest BCUT2D eigenvalue weighted by molar-refractivity contribution is 6.44. The first kappa shape index (κ1) is 29.1. The van der Waals surface area contributed by atoms with Crippen LogP contribution in [0.4, 0.5) is 26.3 Å². The largest absolute Gasteiger partial charge is 0.452 e. The second kappa shape index (κ2) is 11.7. The van der Waals surface area contributed by atoms with E-state index in [0.29, 0.717) is 16.7 Å².